The van der Waals surface area contributed by atoms with Gasteiger partial charge in [0.25, 0.3) is 0 Å². The predicted molar refractivity (Wildman–Crippen MR) is 254 cm³/mol. The van der Waals surface area contributed by atoms with E-state index >= 15 is 0 Å². The fourth-order valence-corrected chi connectivity index (χ4v) is 12.0. The van der Waals surface area contributed by atoms with Crippen LogP contribution in [0.4, 0.5) is 0 Å². The predicted octanol–water partition coefficient (Wildman–Crippen LogP) is 10.5. The Morgan fingerprint density at radius 3 is 1.77 bits per heavy atom. The van der Waals surface area contributed by atoms with Crippen LogP contribution < -0.4 is 0 Å². The molecule has 0 radical (unpaired) electrons. The van der Waals surface area contributed by atoms with Crippen LogP contribution in [0, 0.1) is 23.7 Å². The lowest BCUT2D eigenvalue weighted by Gasteiger charge is -2.33. The highest BCUT2D eigenvalue weighted by Crippen LogP contribution is 2.58. The van der Waals surface area contributed by atoms with Crippen molar-refractivity contribution in [3.05, 3.63) is 83.3 Å². The SMILES string of the molecule is COC(=O)CC(C(=O)N1C(C)CCC1C1=NC=C(c2ccc(-c3ccc(-c4ccc5nc(C6CCC(C)N6C(=O)C(CC(=O)OC)C(C)C)[nH]c5c4)c4c3C3CCC4C3)cc2)C1)C(C)C. The van der Waals surface area contributed by atoms with Crippen molar-refractivity contribution >= 4 is 46.1 Å². The highest BCUT2D eigenvalue weighted by atomic mass is 16.5. The minimum atomic E-state index is -0.449. The molecular weight excluding hydrogens is 815 g/mol. The molecule has 2 saturated heterocycles. The van der Waals surface area contributed by atoms with E-state index in [1.807, 2.05) is 43.7 Å². The molecule has 0 spiro atoms. The number of likely N-dealkylation sites (tertiary alicyclic amines) is 2. The Hall–Kier alpha value is -5.58. The summed E-state index contributed by atoms with van der Waals surface area (Å²) < 4.78 is 9.91. The van der Waals surface area contributed by atoms with Gasteiger partial charge in [-0.25, -0.2) is 4.98 Å². The molecule has 342 valence electrons. The van der Waals surface area contributed by atoms with Crippen molar-refractivity contribution in [1.82, 2.24) is 19.8 Å². The zero-order chi connectivity index (χ0) is 45.8. The zero-order valence-electron chi connectivity index (χ0n) is 39.4. The van der Waals surface area contributed by atoms with Crippen molar-refractivity contribution in [2.45, 2.75) is 142 Å². The minimum Gasteiger partial charge on any atom is -0.469 e. The minimum absolute atomic E-state index is 0.00134. The number of methoxy groups -OCH3 is 2. The molecule has 65 heavy (non-hydrogen) atoms. The number of amides is 2. The number of H-pyrrole nitrogens is 1. The van der Waals surface area contributed by atoms with Gasteiger partial charge < -0.3 is 24.3 Å². The molecule has 2 bridgehead atoms. The first kappa shape index (κ1) is 44.6. The van der Waals surface area contributed by atoms with Crippen molar-refractivity contribution in [3.8, 4) is 22.3 Å². The summed E-state index contributed by atoms with van der Waals surface area (Å²) in [6.45, 7) is 12.2. The molecule has 2 amide bonds. The number of rotatable bonds is 13. The van der Waals surface area contributed by atoms with Gasteiger partial charge in [0, 0.05) is 30.4 Å². The van der Waals surface area contributed by atoms with Gasteiger partial charge in [0.05, 0.1) is 62.0 Å². The smallest absolute Gasteiger partial charge is 0.306 e. The molecule has 8 atom stereocenters. The highest BCUT2D eigenvalue weighted by Gasteiger charge is 2.44. The fourth-order valence-electron chi connectivity index (χ4n) is 12.0. The van der Waals surface area contributed by atoms with Crippen LogP contribution in [-0.2, 0) is 28.7 Å². The molecule has 4 aromatic rings. The molecule has 11 heteroatoms. The number of benzene rings is 3. The number of hydrogen-bond donors (Lipinski definition) is 1. The summed E-state index contributed by atoms with van der Waals surface area (Å²) in [7, 11) is 2.75. The Kier molecular flexibility index (Phi) is 12.4. The van der Waals surface area contributed by atoms with Crippen LogP contribution in [0.5, 0.6) is 0 Å². The topological polar surface area (TPSA) is 134 Å². The van der Waals surface area contributed by atoms with E-state index in [9.17, 15) is 19.2 Å². The summed E-state index contributed by atoms with van der Waals surface area (Å²) in [5.74, 6) is 0.328. The average Bonchev–Trinajstić information content (AvgIpc) is 4.18. The third kappa shape index (κ3) is 8.22. The van der Waals surface area contributed by atoms with Gasteiger partial charge in [0.1, 0.15) is 5.82 Å². The molecule has 8 unspecified atom stereocenters. The number of ether oxygens (including phenoxy) is 2. The van der Waals surface area contributed by atoms with Crippen molar-refractivity contribution in [1.29, 1.82) is 0 Å². The molecule has 4 heterocycles. The summed E-state index contributed by atoms with van der Waals surface area (Å²) in [4.78, 5) is 70.2. The number of carbonyl (C=O) groups excluding carboxylic acids is 4. The van der Waals surface area contributed by atoms with Crippen molar-refractivity contribution in [2.24, 2.45) is 28.7 Å². The van der Waals surface area contributed by atoms with Crippen LogP contribution in [0.2, 0.25) is 0 Å². The molecule has 9 rings (SSSR count). The Balaban J connectivity index is 0.934. The van der Waals surface area contributed by atoms with Gasteiger partial charge >= 0.3 is 11.9 Å². The van der Waals surface area contributed by atoms with Crippen LogP contribution in [-0.4, -0.2) is 81.6 Å². The Morgan fingerprint density at radius 2 is 1.20 bits per heavy atom. The van der Waals surface area contributed by atoms with E-state index in [0.29, 0.717) is 18.3 Å². The lowest BCUT2D eigenvalue weighted by molar-refractivity contribution is -0.149. The number of carbonyl (C=O) groups is 4. The maximum Gasteiger partial charge on any atom is 0.306 e. The van der Waals surface area contributed by atoms with Crippen molar-refractivity contribution < 1.29 is 28.7 Å². The maximum absolute atomic E-state index is 14.1. The van der Waals surface area contributed by atoms with E-state index in [-0.39, 0.29) is 72.6 Å². The van der Waals surface area contributed by atoms with E-state index in [1.165, 1.54) is 66.9 Å². The van der Waals surface area contributed by atoms with Gasteiger partial charge in [0.2, 0.25) is 11.8 Å². The fraction of sp³-hybridized carbons (Fsp3) is 0.519. The number of imidazole rings is 1. The number of aliphatic imine (C=N–C) groups is 1. The molecule has 1 aromatic heterocycles. The molecule has 5 aliphatic rings. The summed E-state index contributed by atoms with van der Waals surface area (Å²) in [5, 5.41) is 0. The second-order valence-electron chi connectivity index (χ2n) is 20.2. The zero-order valence-corrected chi connectivity index (χ0v) is 39.4. The number of allylic oxidation sites excluding steroid dienone is 1. The van der Waals surface area contributed by atoms with Gasteiger partial charge in [-0.1, -0.05) is 70.2 Å². The highest BCUT2D eigenvalue weighted by molar-refractivity contribution is 6.04. The van der Waals surface area contributed by atoms with Gasteiger partial charge in [0.15, 0.2) is 0 Å². The average molecular weight is 880 g/mol. The van der Waals surface area contributed by atoms with Gasteiger partial charge in [-0.2, -0.15) is 0 Å². The number of nitrogens with zero attached hydrogens (tertiary/aromatic N) is 4. The second-order valence-corrected chi connectivity index (χ2v) is 20.2. The number of fused-ring (bicyclic) bond motifs is 6. The first-order chi connectivity index (χ1) is 31.3. The van der Waals surface area contributed by atoms with E-state index in [1.54, 1.807) is 0 Å². The number of aromatic nitrogens is 2. The van der Waals surface area contributed by atoms with Gasteiger partial charge in [-0.05, 0) is 139 Å². The summed E-state index contributed by atoms with van der Waals surface area (Å²) >= 11 is 0. The summed E-state index contributed by atoms with van der Waals surface area (Å²) in [5.41, 5.74) is 13.2. The molecule has 3 aromatic carbocycles. The Morgan fingerprint density at radius 1 is 0.677 bits per heavy atom. The first-order valence-electron chi connectivity index (χ1n) is 24.1. The van der Waals surface area contributed by atoms with E-state index in [0.717, 1.165) is 59.4 Å². The van der Waals surface area contributed by atoms with Crippen LogP contribution in [0.15, 0.2) is 65.8 Å². The number of aromatic amines is 1. The molecule has 3 aliphatic heterocycles. The normalized spacial score (nSPS) is 24.5. The lowest BCUT2D eigenvalue weighted by atomic mass is 9.81. The Bertz CT molecular complexity index is 2570. The third-order valence-electron chi connectivity index (χ3n) is 15.7. The standard InChI is InChI=1S/C54H65N5O6/c1-29(2)41(26-48(60)64-7)53(62)58-31(5)9-21-46(58)45-25-38(28-55-45)33-11-13-34(14-12-33)39-18-19-40(51-37-16-15-36(23-37)50(39)51)35-17-20-43-44(24-35)57-52(56-43)47-22-10-32(6)59(47)54(63)42(30(3)4)27-49(61)65-8/h11-14,17-20,24,28-32,36-37,41-42,46-47H,9-10,15-16,21-23,25-27H2,1-8H3,(H,56,57). The lowest BCUT2D eigenvalue weighted by Crippen LogP contribution is -2.48. The quantitative estimate of drug-likeness (QED) is 0.132. The second kappa shape index (κ2) is 18.0. The molecule has 1 saturated carbocycles. The Labute approximate surface area is 383 Å². The molecule has 11 nitrogen and oxygen atoms in total. The van der Waals surface area contributed by atoms with E-state index in [4.69, 9.17) is 19.5 Å². The van der Waals surface area contributed by atoms with Gasteiger partial charge in [-0.15, -0.1) is 0 Å². The third-order valence-corrected chi connectivity index (χ3v) is 15.7. The van der Waals surface area contributed by atoms with Crippen LogP contribution in [0.1, 0.15) is 146 Å². The van der Waals surface area contributed by atoms with Crippen molar-refractivity contribution in [2.75, 3.05) is 14.2 Å². The van der Waals surface area contributed by atoms with Crippen LogP contribution in [0.25, 0.3) is 38.9 Å². The van der Waals surface area contributed by atoms with Crippen LogP contribution in [0.3, 0.4) is 0 Å². The summed E-state index contributed by atoms with van der Waals surface area (Å²) in [6, 6.07) is 20.0. The molecule has 1 N–H and O–H groups in total. The monoisotopic (exact) mass is 879 g/mol. The maximum atomic E-state index is 14.1. The van der Waals surface area contributed by atoms with Crippen molar-refractivity contribution in [3.63, 3.8) is 0 Å². The molecule has 3 fully saturated rings. The number of nitrogens with one attached hydrogen (secondary N) is 1. The molecule has 2 aliphatic carbocycles. The number of hydrogen-bond acceptors (Lipinski definition) is 8. The first-order valence-corrected chi connectivity index (χ1v) is 24.1. The summed E-state index contributed by atoms with van der Waals surface area (Å²) in [6.07, 6.45) is 9.94. The van der Waals surface area contributed by atoms with E-state index in [2.05, 4.69) is 73.4 Å². The van der Waals surface area contributed by atoms with Crippen LogP contribution >= 0.6 is 0 Å². The molecular formula is C54H65N5O6. The van der Waals surface area contributed by atoms with E-state index < -0.39 is 11.8 Å². The largest absolute Gasteiger partial charge is 0.469 e. The number of esters is 2. The van der Waals surface area contributed by atoms with Gasteiger partial charge in [-0.3, -0.25) is 24.2 Å².